The molecule has 0 saturated carbocycles. The summed E-state index contributed by atoms with van der Waals surface area (Å²) < 4.78 is 0. The molecule has 1 amide bonds. The molecule has 1 unspecified atom stereocenters. The van der Waals surface area contributed by atoms with Gasteiger partial charge in [-0.15, -0.1) is 0 Å². The van der Waals surface area contributed by atoms with Crippen molar-refractivity contribution in [3.8, 4) is 0 Å². The monoisotopic (exact) mass is 188 g/mol. The summed E-state index contributed by atoms with van der Waals surface area (Å²) in [5, 5.41) is 8.61. The van der Waals surface area contributed by atoms with E-state index in [-0.39, 0.29) is 12.3 Å². The van der Waals surface area contributed by atoms with Gasteiger partial charge in [-0.25, -0.2) is 0 Å². The summed E-state index contributed by atoms with van der Waals surface area (Å²) in [5.74, 6) is -1.94. The lowest BCUT2D eigenvalue weighted by molar-refractivity contribution is -0.140. The maximum atomic E-state index is 10.6. The van der Waals surface area contributed by atoms with Crippen molar-refractivity contribution >= 4 is 11.9 Å². The van der Waals surface area contributed by atoms with Gasteiger partial charge in [-0.2, -0.15) is 0 Å². The van der Waals surface area contributed by atoms with Crippen molar-refractivity contribution in [2.75, 3.05) is 0 Å². The molecule has 0 saturated heterocycles. The number of hydrogen-bond acceptors (Lipinski definition) is 3. The van der Waals surface area contributed by atoms with Crippen LogP contribution in [0.1, 0.15) is 26.2 Å². The van der Waals surface area contributed by atoms with Crippen molar-refractivity contribution in [1.29, 1.82) is 0 Å². The highest BCUT2D eigenvalue weighted by molar-refractivity contribution is 5.77. The van der Waals surface area contributed by atoms with E-state index < -0.39 is 17.9 Å². The lowest BCUT2D eigenvalue weighted by Crippen LogP contribution is -2.39. The van der Waals surface area contributed by atoms with E-state index in [0.717, 1.165) is 6.42 Å². The molecule has 0 heterocycles. The fourth-order valence-electron chi connectivity index (χ4n) is 1.24. The number of hydrogen-bond donors (Lipinski definition) is 3. The maximum Gasteiger partial charge on any atom is 0.320 e. The highest BCUT2D eigenvalue weighted by Crippen LogP contribution is 2.14. The molecule has 0 aromatic rings. The van der Waals surface area contributed by atoms with Crippen LogP contribution in [0.4, 0.5) is 0 Å². The molecule has 0 bridgehead atoms. The van der Waals surface area contributed by atoms with Gasteiger partial charge in [-0.1, -0.05) is 13.3 Å². The van der Waals surface area contributed by atoms with Crippen molar-refractivity contribution in [3.05, 3.63) is 0 Å². The summed E-state index contributed by atoms with van der Waals surface area (Å²) in [7, 11) is 0. The first-order valence-corrected chi connectivity index (χ1v) is 4.25. The Bertz CT molecular complexity index is 194. The third-order valence-electron chi connectivity index (χ3n) is 1.92. The Kier molecular flexibility index (Phi) is 5.06. The minimum atomic E-state index is -1.08. The van der Waals surface area contributed by atoms with Crippen molar-refractivity contribution in [3.63, 3.8) is 0 Å². The average molecular weight is 188 g/mol. The molecule has 0 aliphatic carbocycles. The van der Waals surface area contributed by atoms with E-state index >= 15 is 0 Å². The Labute approximate surface area is 77.1 Å². The van der Waals surface area contributed by atoms with E-state index in [1.54, 1.807) is 0 Å². The smallest absolute Gasteiger partial charge is 0.320 e. The Balaban J connectivity index is 4.22. The number of carbonyl (C=O) groups is 2. The average Bonchev–Trinajstić information content (AvgIpc) is 2.01. The van der Waals surface area contributed by atoms with E-state index in [2.05, 4.69) is 0 Å². The van der Waals surface area contributed by atoms with E-state index in [9.17, 15) is 9.59 Å². The van der Waals surface area contributed by atoms with Gasteiger partial charge in [0.2, 0.25) is 5.91 Å². The Morgan fingerprint density at radius 1 is 1.46 bits per heavy atom. The third-order valence-corrected chi connectivity index (χ3v) is 1.92. The number of aliphatic carboxylic acids is 1. The molecular formula is C8H16N2O3. The zero-order valence-electron chi connectivity index (χ0n) is 7.69. The Morgan fingerprint density at radius 2 is 2.00 bits per heavy atom. The molecule has 5 heteroatoms. The third kappa shape index (κ3) is 4.47. The number of carboxylic acid groups (broad SMARTS) is 1. The number of carboxylic acids is 1. The predicted molar refractivity (Wildman–Crippen MR) is 47.8 cm³/mol. The van der Waals surface area contributed by atoms with Crippen LogP contribution in [-0.4, -0.2) is 23.0 Å². The van der Waals surface area contributed by atoms with Gasteiger partial charge in [0.05, 0.1) is 0 Å². The van der Waals surface area contributed by atoms with E-state index in [4.69, 9.17) is 16.6 Å². The molecular weight excluding hydrogens is 172 g/mol. The van der Waals surface area contributed by atoms with Gasteiger partial charge in [-0.05, 0) is 12.3 Å². The quantitative estimate of drug-likeness (QED) is 0.531. The Morgan fingerprint density at radius 3 is 2.31 bits per heavy atom. The first-order chi connectivity index (χ1) is 5.99. The van der Waals surface area contributed by atoms with Gasteiger partial charge in [0.1, 0.15) is 6.04 Å². The minimum Gasteiger partial charge on any atom is -0.480 e. The van der Waals surface area contributed by atoms with Crippen molar-refractivity contribution in [2.45, 2.75) is 32.2 Å². The number of rotatable bonds is 6. The first kappa shape index (κ1) is 11.9. The lowest BCUT2D eigenvalue weighted by Gasteiger charge is -2.18. The van der Waals surface area contributed by atoms with Crippen LogP contribution in [0, 0.1) is 5.92 Å². The van der Waals surface area contributed by atoms with Crippen molar-refractivity contribution in [2.24, 2.45) is 17.4 Å². The molecule has 0 rings (SSSR count). The van der Waals surface area contributed by atoms with Gasteiger partial charge in [0, 0.05) is 6.42 Å². The van der Waals surface area contributed by atoms with Gasteiger partial charge < -0.3 is 16.6 Å². The molecule has 0 radical (unpaired) electrons. The summed E-state index contributed by atoms with van der Waals surface area (Å²) in [5.41, 5.74) is 10.4. The van der Waals surface area contributed by atoms with Crippen LogP contribution < -0.4 is 11.5 Å². The summed E-state index contributed by atoms with van der Waals surface area (Å²) in [6, 6.07) is -0.993. The highest BCUT2D eigenvalue weighted by Gasteiger charge is 2.24. The lowest BCUT2D eigenvalue weighted by atomic mass is 9.92. The number of amides is 1. The predicted octanol–water partition coefficient (Wildman–Crippen LogP) is -0.310. The van der Waals surface area contributed by atoms with Crippen LogP contribution in [0.15, 0.2) is 0 Å². The second-order valence-electron chi connectivity index (χ2n) is 3.08. The van der Waals surface area contributed by atoms with Crippen LogP contribution in [0.2, 0.25) is 0 Å². The molecule has 0 aliphatic rings. The summed E-state index contributed by atoms with van der Waals surface area (Å²) >= 11 is 0. The molecule has 2 atom stereocenters. The van der Waals surface area contributed by atoms with E-state index in [1.807, 2.05) is 6.92 Å². The van der Waals surface area contributed by atoms with Crippen LogP contribution >= 0.6 is 0 Å². The number of primary amides is 1. The van der Waals surface area contributed by atoms with Gasteiger partial charge in [0.15, 0.2) is 0 Å². The van der Waals surface area contributed by atoms with Crippen LogP contribution in [-0.2, 0) is 9.59 Å². The molecule has 0 aliphatic heterocycles. The number of carbonyl (C=O) groups excluding carboxylic acids is 1. The fourth-order valence-corrected chi connectivity index (χ4v) is 1.24. The van der Waals surface area contributed by atoms with Crippen LogP contribution in [0.3, 0.4) is 0 Å². The molecule has 0 aromatic heterocycles. The maximum absolute atomic E-state index is 10.6. The molecule has 0 spiro atoms. The standard InChI is InChI=1S/C8H16N2O3/c1-2-3-5(4-6(9)11)7(10)8(12)13/h5,7H,2-4,10H2,1H3,(H2,9,11)(H,12,13)/t5?,7-/m0/s1. The second kappa shape index (κ2) is 5.53. The second-order valence-corrected chi connectivity index (χ2v) is 3.08. The molecule has 0 fully saturated rings. The number of nitrogens with two attached hydrogens (primary N) is 2. The van der Waals surface area contributed by atoms with E-state index in [0.29, 0.717) is 6.42 Å². The summed E-state index contributed by atoms with van der Waals surface area (Å²) in [6.45, 7) is 1.91. The van der Waals surface area contributed by atoms with Gasteiger partial charge >= 0.3 is 5.97 Å². The summed E-state index contributed by atoms with van der Waals surface area (Å²) in [4.78, 5) is 21.1. The van der Waals surface area contributed by atoms with E-state index in [1.165, 1.54) is 0 Å². The highest BCUT2D eigenvalue weighted by atomic mass is 16.4. The topological polar surface area (TPSA) is 106 Å². The van der Waals surface area contributed by atoms with Crippen LogP contribution in [0.25, 0.3) is 0 Å². The minimum absolute atomic E-state index is 0.0430. The fraction of sp³-hybridized carbons (Fsp3) is 0.750. The van der Waals surface area contributed by atoms with Crippen molar-refractivity contribution in [1.82, 2.24) is 0 Å². The molecule has 13 heavy (non-hydrogen) atoms. The molecule has 76 valence electrons. The van der Waals surface area contributed by atoms with Crippen molar-refractivity contribution < 1.29 is 14.7 Å². The zero-order valence-corrected chi connectivity index (χ0v) is 7.69. The summed E-state index contributed by atoms with van der Waals surface area (Å²) in [6.07, 6.45) is 1.44. The van der Waals surface area contributed by atoms with Gasteiger partial charge in [0.25, 0.3) is 0 Å². The Hall–Kier alpha value is -1.10. The molecule has 5 nitrogen and oxygen atoms in total. The SMILES string of the molecule is CCCC(CC(N)=O)[C@H](N)C(=O)O. The van der Waals surface area contributed by atoms with Gasteiger partial charge in [-0.3, -0.25) is 9.59 Å². The largest absolute Gasteiger partial charge is 0.480 e. The normalized spacial score (nSPS) is 14.9. The zero-order chi connectivity index (χ0) is 10.4. The van der Waals surface area contributed by atoms with Crippen LogP contribution in [0.5, 0.6) is 0 Å². The molecule has 5 N–H and O–H groups in total. The molecule has 0 aromatic carbocycles. The first-order valence-electron chi connectivity index (χ1n) is 4.25.